The normalized spacial score (nSPS) is 11.1. The van der Waals surface area contributed by atoms with Crippen LogP contribution in [0.5, 0.6) is 0 Å². The van der Waals surface area contributed by atoms with E-state index in [0.717, 1.165) is 5.69 Å². The number of anilines is 1. The Morgan fingerprint density at radius 3 is 2.72 bits per heavy atom. The zero-order chi connectivity index (χ0) is 13.1. The lowest BCUT2D eigenvalue weighted by Gasteiger charge is -2.00. The molecule has 2 heterocycles. The zero-order valence-electron chi connectivity index (χ0n) is 10.5. The minimum absolute atomic E-state index is 0.238. The third-order valence-corrected chi connectivity index (χ3v) is 3.00. The standard InChI is InChI=1S/C11H15N5OS/c1-6(2)10-15-9(16-17-10)5-18-11-13-7(3)4-8(12)14-11/h4,6H,5H2,1-3H3,(H2,12,13,14). The molecule has 0 bridgehead atoms. The van der Waals surface area contributed by atoms with Gasteiger partial charge in [-0.15, -0.1) is 0 Å². The average molecular weight is 265 g/mol. The minimum atomic E-state index is 0.238. The molecular weight excluding hydrogens is 250 g/mol. The van der Waals surface area contributed by atoms with Crippen LogP contribution in [0.1, 0.15) is 37.2 Å². The predicted molar refractivity (Wildman–Crippen MR) is 69.1 cm³/mol. The van der Waals surface area contributed by atoms with Crippen molar-refractivity contribution in [2.24, 2.45) is 0 Å². The molecule has 7 heteroatoms. The highest BCUT2D eigenvalue weighted by molar-refractivity contribution is 7.98. The lowest BCUT2D eigenvalue weighted by atomic mass is 10.2. The van der Waals surface area contributed by atoms with Crippen molar-refractivity contribution in [2.75, 3.05) is 5.73 Å². The number of aromatic nitrogens is 4. The van der Waals surface area contributed by atoms with E-state index < -0.39 is 0 Å². The highest BCUT2D eigenvalue weighted by Crippen LogP contribution is 2.20. The van der Waals surface area contributed by atoms with Gasteiger partial charge >= 0.3 is 0 Å². The number of aryl methyl sites for hydroxylation is 1. The fraction of sp³-hybridized carbons (Fsp3) is 0.455. The number of thioether (sulfide) groups is 1. The van der Waals surface area contributed by atoms with Crippen LogP contribution in [-0.4, -0.2) is 20.1 Å². The molecule has 0 aromatic carbocycles. The fourth-order valence-electron chi connectivity index (χ4n) is 1.32. The molecule has 0 unspecified atom stereocenters. The SMILES string of the molecule is Cc1cc(N)nc(SCc2noc(C(C)C)n2)n1. The topological polar surface area (TPSA) is 90.7 Å². The van der Waals surface area contributed by atoms with Gasteiger partial charge < -0.3 is 10.3 Å². The van der Waals surface area contributed by atoms with E-state index in [1.807, 2.05) is 20.8 Å². The van der Waals surface area contributed by atoms with Gasteiger partial charge in [0.25, 0.3) is 0 Å². The lowest BCUT2D eigenvalue weighted by molar-refractivity contribution is 0.362. The van der Waals surface area contributed by atoms with Crippen LogP contribution in [0.2, 0.25) is 0 Å². The van der Waals surface area contributed by atoms with E-state index in [0.29, 0.717) is 28.4 Å². The zero-order valence-corrected chi connectivity index (χ0v) is 11.4. The summed E-state index contributed by atoms with van der Waals surface area (Å²) >= 11 is 1.44. The Morgan fingerprint density at radius 1 is 1.33 bits per heavy atom. The molecule has 2 aromatic heterocycles. The quantitative estimate of drug-likeness (QED) is 0.669. The monoisotopic (exact) mass is 265 g/mol. The number of hydrogen-bond acceptors (Lipinski definition) is 7. The molecule has 0 saturated heterocycles. The van der Waals surface area contributed by atoms with Gasteiger partial charge in [0.15, 0.2) is 11.0 Å². The molecule has 0 amide bonds. The van der Waals surface area contributed by atoms with Crippen LogP contribution in [0.3, 0.4) is 0 Å². The highest BCUT2D eigenvalue weighted by atomic mass is 32.2. The van der Waals surface area contributed by atoms with Gasteiger partial charge in [0.05, 0.1) is 5.75 Å². The van der Waals surface area contributed by atoms with Crippen LogP contribution in [0.25, 0.3) is 0 Å². The first-order valence-corrected chi connectivity index (χ1v) is 6.59. The summed E-state index contributed by atoms with van der Waals surface area (Å²) < 4.78 is 5.12. The Labute approximate surface area is 109 Å². The Bertz CT molecular complexity index is 520. The molecule has 6 nitrogen and oxygen atoms in total. The van der Waals surface area contributed by atoms with Crippen molar-refractivity contribution < 1.29 is 4.52 Å². The highest BCUT2D eigenvalue weighted by Gasteiger charge is 2.10. The smallest absolute Gasteiger partial charge is 0.229 e. The molecule has 0 fully saturated rings. The van der Waals surface area contributed by atoms with Crippen LogP contribution in [0.4, 0.5) is 5.82 Å². The molecule has 2 N–H and O–H groups in total. The van der Waals surface area contributed by atoms with Gasteiger partial charge in [0, 0.05) is 17.7 Å². The Morgan fingerprint density at radius 2 is 2.11 bits per heavy atom. The van der Waals surface area contributed by atoms with E-state index in [1.165, 1.54) is 11.8 Å². The predicted octanol–water partition coefficient (Wildman–Crippen LogP) is 2.17. The third-order valence-electron chi connectivity index (χ3n) is 2.16. The van der Waals surface area contributed by atoms with Gasteiger partial charge in [0.1, 0.15) is 5.82 Å². The van der Waals surface area contributed by atoms with Crippen molar-refractivity contribution in [3.05, 3.63) is 23.5 Å². The summed E-state index contributed by atoms with van der Waals surface area (Å²) in [4.78, 5) is 12.7. The minimum Gasteiger partial charge on any atom is -0.384 e. The second kappa shape index (κ2) is 5.34. The number of nitrogen functional groups attached to an aromatic ring is 1. The summed E-state index contributed by atoms with van der Waals surface area (Å²) in [6.45, 7) is 5.90. The van der Waals surface area contributed by atoms with Gasteiger partial charge in [0.2, 0.25) is 5.89 Å². The number of rotatable bonds is 4. The van der Waals surface area contributed by atoms with Crippen molar-refractivity contribution in [1.82, 2.24) is 20.1 Å². The van der Waals surface area contributed by atoms with Gasteiger partial charge in [-0.05, 0) is 6.92 Å². The van der Waals surface area contributed by atoms with Crippen LogP contribution in [-0.2, 0) is 5.75 Å². The van der Waals surface area contributed by atoms with E-state index in [4.69, 9.17) is 10.3 Å². The molecule has 2 rings (SSSR count). The molecule has 0 spiro atoms. The molecular formula is C11H15N5OS. The first-order valence-electron chi connectivity index (χ1n) is 5.61. The van der Waals surface area contributed by atoms with Crippen LogP contribution in [0.15, 0.2) is 15.7 Å². The maximum Gasteiger partial charge on any atom is 0.229 e. The molecule has 0 saturated carbocycles. The van der Waals surface area contributed by atoms with E-state index in [2.05, 4.69) is 20.1 Å². The molecule has 2 aromatic rings. The third kappa shape index (κ3) is 3.19. The number of nitrogens with two attached hydrogens (primary N) is 1. The molecule has 0 radical (unpaired) electrons. The Balaban J connectivity index is 2.02. The average Bonchev–Trinajstić information content (AvgIpc) is 2.73. The van der Waals surface area contributed by atoms with E-state index in [9.17, 15) is 0 Å². The number of nitrogens with zero attached hydrogens (tertiary/aromatic N) is 4. The number of hydrogen-bond donors (Lipinski definition) is 1. The van der Waals surface area contributed by atoms with Crippen molar-refractivity contribution in [1.29, 1.82) is 0 Å². The van der Waals surface area contributed by atoms with Gasteiger partial charge in [-0.25, -0.2) is 9.97 Å². The van der Waals surface area contributed by atoms with E-state index >= 15 is 0 Å². The van der Waals surface area contributed by atoms with Gasteiger partial charge in [-0.1, -0.05) is 30.8 Å². The maximum absolute atomic E-state index is 5.66. The molecule has 0 aliphatic heterocycles. The largest absolute Gasteiger partial charge is 0.384 e. The van der Waals surface area contributed by atoms with Gasteiger partial charge in [-0.2, -0.15) is 4.98 Å². The van der Waals surface area contributed by atoms with Crippen molar-refractivity contribution in [3.8, 4) is 0 Å². The molecule has 0 aliphatic carbocycles. The fourth-order valence-corrected chi connectivity index (χ4v) is 2.07. The second-order valence-electron chi connectivity index (χ2n) is 4.21. The molecule has 0 aliphatic rings. The van der Waals surface area contributed by atoms with Crippen LogP contribution < -0.4 is 5.73 Å². The molecule has 18 heavy (non-hydrogen) atoms. The van der Waals surface area contributed by atoms with Crippen LogP contribution in [0, 0.1) is 6.92 Å². The maximum atomic E-state index is 5.66. The first kappa shape index (κ1) is 12.8. The first-order chi connectivity index (χ1) is 8.54. The summed E-state index contributed by atoms with van der Waals surface area (Å²) in [5, 5.41) is 4.53. The van der Waals surface area contributed by atoms with E-state index in [-0.39, 0.29) is 5.92 Å². The Hall–Kier alpha value is -1.63. The summed E-state index contributed by atoms with van der Waals surface area (Å²) in [6, 6.07) is 1.73. The van der Waals surface area contributed by atoms with Crippen molar-refractivity contribution >= 4 is 17.6 Å². The van der Waals surface area contributed by atoms with Crippen molar-refractivity contribution in [3.63, 3.8) is 0 Å². The summed E-state index contributed by atoms with van der Waals surface area (Å²) in [6.07, 6.45) is 0. The Kier molecular flexibility index (Phi) is 3.81. The summed E-state index contributed by atoms with van der Waals surface area (Å²) in [7, 11) is 0. The van der Waals surface area contributed by atoms with Crippen molar-refractivity contribution in [2.45, 2.75) is 37.6 Å². The molecule has 0 atom stereocenters. The van der Waals surface area contributed by atoms with Gasteiger partial charge in [-0.3, -0.25) is 0 Å². The second-order valence-corrected chi connectivity index (χ2v) is 5.15. The van der Waals surface area contributed by atoms with E-state index in [1.54, 1.807) is 6.07 Å². The summed E-state index contributed by atoms with van der Waals surface area (Å²) in [5.41, 5.74) is 6.51. The molecule has 96 valence electrons. The summed E-state index contributed by atoms with van der Waals surface area (Å²) in [5.74, 6) is 2.57. The van der Waals surface area contributed by atoms with Crippen LogP contribution >= 0.6 is 11.8 Å². The lowest BCUT2D eigenvalue weighted by Crippen LogP contribution is -1.97.